The van der Waals surface area contributed by atoms with Crippen LogP contribution in [-0.2, 0) is 9.31 Å². The van der Waals surface area contributed by atoms with Gasteiger partial charge in [-0.15, -0.1) is 0 Å². The molecule has 0 bridgehead atoms. The third-order valence-corrected chi connectivity index (χ3v) is 9.52. The lowest BCUT2D eigenvalue weighted by molar-refractivity contribution is -0.116. The van der Waals surface area contributed by atoms with Gasteiger partial charge in [0, 0.05) is 0 Å². The Labute approximate surface area is 159 Å². The van der Waals surface area contributed by atoms with E-state index in [1.54, 1.807) is 5.57 Å². The molecule has 4 aliphatic carbocycles. The van der Waals surface area contributed by atoms with Crippen molar-refractivity contribution in [1.29, 1.82) is 0 Å². The van der Waals surface area contributed by atoms with E-state index >= 15 is 0 Å². The summed E-state index contributed by atoms with van der Waals surface area (Å²) in [5.74, 6) is 4.50. The number of allylic oxidation sites excluding steroid dienone is 1. The van der Waals surface area contributed by atoms with Gasteiger partial charge in [0.15, 0.2) is 0 Å². The van der Waals surface area contributed by atoms with Crippen LogP contribution in [0.2, 0.25) is 6.82 Å². The highest BCUT2D eigenvalue weighted by Gasteiger charge is 2.59. The predicted molar refractivity (Wildman–Crippen MR) is 103 cm³/mol. The zero-order chi connectivity index (χ0) is 18.1. The van der Waals surface area contributed by atoms with E-state index in [1.807, 2.05) is 6.82 Å². The summed E-state index contributed by atoms with van der Waals surface area (Å²) in [6, 6.07) is 0. The number of hydrogen-bond acceptors (Lipinski definition) is 3. The molecule has 3 nitrogen and oxygen atoms in total. The van der Waals surface area contributed by atoms with Gasteiger partial charge >= 0.3 is 7.12 Å². The second kappa shape index (κ2) is 6.01. The number of hydrogen-bond donors (Lipinski definition) is 1. The van der Waals surface area contributed by atoms with Crippen LogP contribution in [0.25, 0.3) is 0 Å². The lowest BCUT2D eigenvalue weighted by Gasteiger charge is -2.60. The Bertz CT molecular complexity index is 619. The molecule has 7 atom stereocenters. The molecule has 0 radical (unpaired) electrons. The summed E-state index contributed by atoms with van der Waals surface area (Å²) in [4.78, 5) is 0. The fourth-order valence-electron chi connectivity index (χ4n) is 8.13. The molecule has 26 heavy (non-hydrogen) atoms. The van der Waals surface area contributed by atoms with Gasteiger partial charge in [0.2, 0.25) is 0 Å². The van der Waals surface area contributed by atoms with E-state index in [0.29, 0.717) is 17.4 Å². The van der Waals surface area contributed by atoms with E-state index in [-0.39, 0.29) is 13.2 Å². The molecule has 5 fully saturated rings. The predicted octanol–water partition coefficient (Wildman–Crippen LogP) is 4.81. The van der Waals surface area contributed by atoms with Gasteiger partial charge in [-0.1, -0.05) is 13.8 Å². The molecule has 1 saturated heterocycles. The average molecular weight is 358 g/mol. The maximum absolute atomic E-state index is 10.2. The van der Waals surface area contributed by atoms with Gasteiger partial charge in [-0.25, -0.2) is 0 Å². The Kier molecular flexibility index (Phi) is 4.07. The number of fused-ring (bicyclic) bond motifs is 5. The Morgan fingerprint density at radius 3 is 2.65 bits per heavy atom. The highest BCUT2D eigenvalue weighted by atomic mass is 16.6. The van der Waals surface area contributed by atoms with Crippen LogP contribution in [0.15, 0.2) is 11.3 Å². The van der Waals surface area contributed by atoms with Gasteiger partial charge in [0.25, 0.3) is 0 Å². The van der Waals surface area contributed by atoms with Crippen molar-refractivity contribution in [2.75, 3.05) is 6.61 Å². The molecule has 0 spiro atoms. The minimum atomic E-state index is -0.0699. The minimum Gasteiger partial charge on any atom is -0.538 e. The molecule has 1 heterocycles. The smallest absolute Gasteiger partial charge is 0.522 e. The van der Waals surface area contributed by atoms with Gasteiger partial charge in [-0.2, -0.15) is 0 Å². The monoisotopic (exact) mass is 358 g/mol. The van der Waals surface area contributed by atoms with Crippen LogP contribution in [0.5, 0.6) is 0 Å². The first-order chi connectivity index (χ1) is 12.4. The van der Waals surface area contributed by atoms with E-state index in [0.717, 1.165) is 36.5 Å². The Hall–Kier alpha value is -0.475. The third-order valence-electron chi connectivity index (χ3n) is 9.52. The maximum Gasteiger partial charge on any atom is 0.522 e. The van der Waals surface area contributed by atoms with Crippen molar-refractivity contribution in [1.82, 2.24) is 0 Å². The van der Waals surface area contributed by atoms with E-state index in [9.17, 15) is 5.11 Å². The fourth-order valence-corrected chi connectivity index (χ4v) is 8.13. The molecular weight excluding hydrogens is 323 g/mol. The first-order valence-corrected chi connectivity index (χ1v) is 11.1. The highest BCUT2D eigenvalue weighted by Crippen LogP contribution is 2.67. The first kappa shape index (κ1) is 17.6. The minimum absolute atomic E-state index is 0.0391. The molecule has 4 heteroatoms. The van der Waals surface area contributed by atoms with Crippen LogP contribution in [0.1, 0.15) is 71.6 Å². The van der Waals surface area contributed by atoms with Crippen LogP contribution in [0.4, 0.5) is 0 Å². The summed E-state index contributed by atoms with van der Waals surface area (Å²) >= 11 is 0. The van der Waals surface area contributed by atoms with Gasteiger partial charge in [0.05, 0.1) is 12.7 Å². The molecule has 0 aromatic heterocycles. The average Bonchev–Trinajstić information content (AvgIpc) is 3.18. The SMILES string of the molecule is CB1OC/C(=C2/CC[C@H]3[C@@H]4CCC5CC(O)CC[C@]5(C)[C@H]4CC[C@]23C)O1. The highest BCUT2D eigenvalue weighted by molar-refractivity contribution is 6.43. The van der Waals surface area contributed by atoms with Crippen molar-refractivity contribution in [2.24, 2.45) is 34.5 Å². The van der Waals surface area contributed by atoms with Gasteiger partial charge in [0.1, 0.15) is 5.76 Å². The summed E-state index contributed by atoms with van der Waals surface area (Å²) in [5, 5.41) is 10.2. The standard InChI is InChI=1S/C22H35BO3/c1-21-10-8-15(24)12-14(21)4-5-16-17-6-7-19(20-13-25-23(3)26-20)22(17,2)11-9-18(16)21/h14-18,24H,4-13H2,1-3H3/b20-19+/t14?,15?,16-,17-,18-,21-,22-/m0/s1. The molecule has 0 aromatic carbocycles. The molecule has 0 aromatic rings. The van der Waals surface area contributed by atoms with Crippen molar-refractivity contribution in [2.45, 2.75) is 84.6 Å². The van der Waals surface area contributed by atoms with Gasteiger partial charge in [-0.3, -0.25) is 0 Å². The van der Waals surface area contributed by atoms with Crippen molar-refractivity contribution >= 4 is 7.12 Å². The summed E-state index contributed by atoms with van der Waals surface area (Å²) in [5.41, 5.74) is 2.40. The van der Waals surface area contributed by atoms with E-state index in [4.69, 9.17) is 9.31 Å². The summed E-state index contributed by atoms with van der Waals surface area (Å²) in [6.07, 6.45) is 11.3. The van der Waals surface area contributed by atoms with Crippen LogP contribution < -0.4 is 0 Å². The number of aliphatic hydroxyl groups is 1. The van der Waals surface area contributed by atoms with Gasteiger partial charge < -0.3 is 14.4 Å². The molecule has 1 aliphatic heterocycles. The third kappa shape index (κ3) is 2.40. The molecule has 1 N–H and O–H groups in total. The van der Waals surface area contributed by atoms with Crippen LogP contribution in [0, 0.1) is 34.5 Å². The summed E-state index contributed by atoms with van der Waals surface area (Å²) < 4.78 is 11.7. The van der Waals surface area contributed by atoms with Crippen molar-refractivity contribution in [3.63, 3.8) is 0 Å². The Morgan fingerprint density at radius 1 is 1.04 bits per heavy atom. The lowest BCUT2D eigenvalue weighted by Crippen LogP contribution is -2.53. The second-order valence-electron chi connectivity index (χ2n) is 10.5. The Balaban J connectivity index is 1.43. The van der Waals surface area contributed by atoms with Gasteiger partial charge in [-0.05, 0) is 105 Å². The molecule has 4 saturated carbocycles. The quantitative estimate of drug-likeness (QED) is 0.632. The number of aliphatic hydroxyl groups excluding tert-OH is 1. The lowest BCUT2D eigenvalue weighted by atomic mass is 9.45. The maximum atomic E-state index is 10.2. The fraction of sp³-hybridized carbons (Fsp3) is 0.909. The zero-order valence-electron chi connectivity index (χ0n) is 16.8. The van der Waals surface area contributed by atoms with Crippen LogP contribution in [0.3, 0.4) is 0 Å². The van der Waals surface area contributed by atoms with E-state index in [1.165, 1.54) is 50.7 Å². The van der Waals surface area contributed by atoms with Crippen LogP contribution >= 0.6 is 0 Å². The zero-order valence-corrected chi connectivity index (χ0v) is 16.8. The molecular formula is C22H35BO3. The van der Waals surface area contributed by atoms with Crippen molar-refractivity contribution in [3.05, 3.63) is 11.3 Å². The normalized spacial score (nSPS) is 53.7. The van der Waals surface area contributed by atoms with Crippen LogP contribution in [-0.4, -0.2) is 24.9 Å². The summed E-state index contributed by atoms with van der Waals surface area (Å²) in [7, 11) is -0.0699. The van der Waals surface area contributed by atoms with Crippen molar-refractivity contribution in [3.8, 4) is 0 Å². The van der Waals surface area contributed by atoms with E-state index < -0.39 is 0 Å². The largest absolute Gasteiger partial charge is 0.538 e. The topological polar surface area (TPSA) is 38.7 Å². The second-order valence-corrected chi connectivity index (χ2v) is 10.5. The number of rotatable bonds is 0. The summed E-state index contributed by atoms with van der Waals surface area (Å²) in [6.45, 7) is 7.81. The van der Waals surface area contributed by atoms with E-state index in [2.05, 4.69) is 13.8 Å². The molecule has 2 unspecified atom stereocenters. The molecule has 5 aliphatic rings. The first-order valence-electron chi connectivity index (χ1n) is 11.1. The molecule has 5 rings (SSSR count). The molecule has 144 valence electrons. The molecule has 0 amide bonds. The Morgan fingerprint density at radius 2 is 1.88 bits per heavy atom. The van der Waals surface area contributed by atoms with Crippen molar-refractivity contribution < 1.29 is 14.4 Å².